The van der Waals surface area contributed by atoms with E-state index in [1.54, 1.807) is 0 Å². The zero-order valence-corrected chi connectivity index (χ0v) is 9.87. The second-order valence-electron chi connectivity index (χ2n) is 3.37. The highest BCUT2D eigenvalue weighted by Crippen LogP contribution is 2.38. The molecule has 0 fully saturated rings. The number of aromatic nitrogens is 1. The number of hydrogen-bond acceptors (Lipinski definition) is 2. The highest BCUT2D eigenvalue weighted by molar-refractivity contribution is 6.17. The number of hydrogen-bond donors (Lipinski definition) is 0. The molecule has 1 aromatic heterocycles. The fourth-order valence-corrected chi connectivity index (χ4v) is 1.43. The predicted octanol–water partition coefficient (Wildman–Crippen LogP) is 4.68. The summed E-state index contributed by atoms with van der Waals surface area (Å²) in [6.45, 7) is 0. The van der Waals surface area contributed by atoms with Crippen molar-refractivity contribution in [3.8, 4) is 5.88 Å². The van der Waals surface area contributed by atoms with Crippen LogP contribution in [-0.4, -0.2) is 11.3 Å². The summed E-state index contributed by atoms with van der Waals surface area (Å²) in [5, 5.41) is 0. The van der Waals surface area contributed by atoms with Gasteiger partial charge in [0, 0.05) is 11.1 Å². The van der Waals surface area contributed by atoms with Crippen LogP contribution in [0.3, 0.4) is 0 Å². The summed E-state index contributed by atoms with van der Waals surface area (Å²) in [6, 6.07) is 0.189. The van der Waals surface area contributed by atoms with Gasteiger partial charge in [-0.15, -0.1) is 24.8 Å². The average molecular weight is 330 g/mol. The number of rotatable bonds is 3. The summed E-state index contributed by atoms with van der Waals surface area (Å²) in [7, 11) is 0. The first-order valence-corrected chi connectivity index (χ1v) is 5.20. The molecule has 0 saturated heterocycles. The van der Waals surface area contributed by atoms with Crippen molar-refractivity contribution in [3.63, 3.8) is 0 Å². The third-order valence-electron chi connectivity index (χ3n) is 1.95. The van der Waals surface area contributed by atoms with E-state index in [1.165, 1.54) is 0 Å². The Balaban J connectivity index is 3.46. The number of nitrogens with zero attached hydrogens (tertiary/aromatic N) is 1. The standard InChI is InChI=1S/C9H4ClF8NO/c10-2-3-1-4(6(11)12)5(8(13,14)15)19-7(3)20-9(16,17)18/h1,6H,2H2. The van der Waals surface area contributed by atoms with Gasteiger partial charge in [-0.2, -0.15) is 13.2 Å². The van der Waals surface area contributed by atoms with Gasteiger partial charge in [0.05, 0.1) is 5.88 Å². The van der Waals surface area contributed by atoms with Crippen LogP contribution in [0.15, 0.2) is 6.07 Å². The van der Waals surface area contributed by atoms with Crippen LogP contribution in [0.1, 0.15) is 23.2 Å². The Bertz CT molecular complexity index is 484. The van der Waals surface area contributed by atoms with E-state index in [-0.39, 0.29) is 6.07 Å². The molecular formula is C9H4ClF8NO. The molecule has 1 rings (SSSR count). The maximum Gasteiger partial charge on any atom is 0.574 e. The molecule has 0 aromatic carbocycles. The molecule has 0 unspecified atom stereocenters. The van der Waals surface area contributed by atoms with E-state index in [0.717, 1.165) is 0 Å². The summed E-state index contributed by atoms with van der Waals surface area (Å²) >= 11 is 5.19. The molecule has 1 aromatic rings. The van der Waals surface area contributed by atoms with Crippen LogP contribution in [0, 0.1) is 0 Å². The first-order chi connectivity index (χ1) is 8.95. The van der Waals surface area contributed by atoms with Crippen LogP contribution < -0.4 is 4.74 Å². The minimum atomic E-state index is -5.36. The lowest BCUT2D eigenvalue weighted by atomic mass is 10.1. The largest absolute Gasteiger partial charge is 0.574 e. The molecular weight excluding hydrogens is 326 g/mol. The predicted molar refractivity (Wildman–Crippen MR) is 50.4 cm³/mol. The number of halogens is 9. The van der Waals surface area contributed by atoms with E-state index < -0.39 is 47.5 Å². The Morgan fingerprint density at radius 1 is 1.15 bits per heavy atom. The van der Waals surface area contributed by atoms with Gasteiger partial charge >= 0.3 is 12.5 Å². The Kier molecular flexibility index (Phi) is 4.67. The van der Waals surface area contributed by atoms with E-state index in [1.807, 2.05) is 0 Å². The van der Waals surface area contributed by atoms with Gasteiger partial charge < -0.3 is 4.74 Å². The smallest absolute Gasteiger partial charge is 0.388 e. The summed E-state index contributed by atoms with van der Waals surface area (Å²) in [5.74, 6) is -2.29. The Labute approximate surface area is 111 Å². The molecule has 0 radical (unpaired) electrons. The SMILES string of the molecule is FC(F)c1cc(CCl)c(OC(F)(F)F)nc1C(F)(F)F. The van der Waals surface area contributed by atoms with Crippen LogP contribution in [0.4, 0.5) is 35.1 Å². The minimum Gasteiger partial charge on any atom is -0.388 e. The molecule has 0 spiro atoms. The van der Waals surface area contributed by atoms with Crippen molar-refractivity contribution in [3.05, 3.63) is 22.9 Å². The van der Waals surface area contributed by atoms with Crippen molar-refractivity contribution in [2.75, 3.05) is 0 Å². The van der Waals surface area contributed by atoms with Crippen molar-refractivity contribution < 1.29 is 39.9 Å². The molecule has 2 nitrogen and oxygen atoms in total. The lowest BCUT2D eigenvalue weighted by Crippen LogP contribution is -2.21. The van der Waals surface area contributed by atoms with Crippen LogP contribution in [-0.2, 0) is 12.1 Å². The first kappa shape index (κ1) is 16.7. The minimum absolute atomic E-state index is 0.189. The molecule has 0 amide bonds. The fraction of sp³-hybridized carbons (Fsp3) is 0.444. The molecule has 0 aliphatic rings. The van der Waals surface area contributed by atoms with Crippen molar-refractivity contribution in [2.24, 2.45) is 0 Å². The van der Waals surface area contributed by atoms with Gasteiger partial charge in [0.1, 0.15) is 0 Å². The number of ether oxygens (including phenoxy) is 1. The Morgan fingerprint density at radius 2 is 1.70 bits per heavy atom. The van der Waals surface area contributed by atoms with E-state index in [9.17, 15) is 35.1 Å². The topological polar surface area (TPSA) is 22.1 Å². The molecule has 0 N–H and O–H groups in total. The molecule has 0 bridgehead atoms. The van der Waals surface area contributed by atoms with Gasteiger partial charge in [0.15, 0.2) is 5.69 Å². The van der Waals surface area contributed by atoms with E-state index in [0.29, 0.717) is 0 Å². The van der Waals surface area contributed by atoms with Gasteiger partial charge in [0.2, 0.25) is 5.88 Å². The second-order valence-corrected chi connectivity index (χ2v) is 3.64. The summed E-state index contributed by atoms with van der Waals surface area (Å²) in [5.41, 5.74) is -4.45. The van der Waals surface area contributed by atoms with Crippen LogP contribution in [0.25, 0.3) is 0 Å². The zero-order valence-electron chi connectivity index (χ0n) is 9.12. The molecule has 0 aliphatic carbocycles. The van der Waals surface area contributed by atoms with Gasteiger partial charge in [-0.25, -0.2) is 13.8 Å². The molecule has 1 heterocycles. The van der Waals surface area contributed by atoms with E-state index in [4.69, 9.17) is 11.6 Å². The summed E-state index contributed by atoms with van der Waals surface area (Å²) in [6.07, 6.45) is -14.3. The lowest BCUT2D eigenvalue weighted by molar-refractivity contribution is -0.276. The maximum atomic E-state index is 12.5. The molecule has 0 aliphatic heterocycles. The zero-order chi connectivity index (χ0) is 15.7. The van der Waals surface area contributed by atoms with Gasteiger partial charge in [-0.05, 0) is 6.07 Å². The highest BCUT2D eigenvalue weighted by Gasteiger charge is 2.40. The number of pyridine rings is 1. The maximum absolute atomic E-state index is 12.5. The quantitative estimate of drug-likeness (QED) is 0.593. The molecule has 11 heteroatoms. The molecule has 0 saturated carbocycles. The monoisotopic (exact) mass is 329 g/mol. The van der Waals surface area contributed by atoms with E-state index >= 15 is 0 Å². The summed E-state index contributed by atoms with van der Waals surface area (Å²) < 4.78 is 102. The molecule has 114 valence electrons. The van der Waals surface area contributed by atoms with Crippen LogP contribution in [0.5, 0.6) is 5.88 Å². The summed E-state index contributed by atoms with van der Waals surface area (Å²) in [4.78, 5) is 2.49. The third-order valence-corrected chi connectivity index (χ3v) is 2.24. The van der Waals surface area contributed by atoms with Gasteiger partial charge in [-0.1, -0.05) is 0 Å². The van der Waals surface area contributed by atoms with Gasteiger partial charge in [-0.3, -0.25) is 0 Å². The molecule has 0 atom stereocenters. The fourth-order valence-electron chi connectivity index (χ4n) is 1.24. The van der Waals surface area contributed by atoms with Gasteiger partial charge in [0.25, 0.3) is 6.43 Å². The van der Waals surface area contributed by atoms with Crippen molar-refractivity contribution in [1.29, 1.82) is 0 Å². The highest BCUT2D eigenvalue weighted by atomic mass is 35.5. The van der Waals surface area contributed by atoms with Crippen molar-refractivity contribution in [1.82, 2.24) is 4.98 Å². The normalized spacial score (nSPS) is 12.9. The van der Waals surface area contributed by atoms with Crippen LogP contribution >= 0.6 is 11.6 Å². The van der Waals surface area contributed by atoms with E-state index in [2.05, 4.69) is 9.72 Å². The average Bonchev–Trinajstić information content (AvgIpc) is 2.24. The third kappa shape index (κ3) is 4.09. The first-order valence-electron chi connectivity index (χ1n) is 4.66. The lowest BCUT2D eigenvalue weighted by Gasteiger charge is -2.16. The van der Waals surface area contributed by atoms with Crippen LogP contribution in [0.2, 0.25) is 0 Å². The molecule has 20 heavy (non-hydrogen) atoms. The Morgan fingerprint density at radius 3 is 2.05 bits per heavy atom. The van der Waals surface area contributed by atoms with Crippen molar-refractivity contribution >= 4 is 11.6 Å². The number of alkyl halides is 9. The van der Waals surface area contributed by atoms with Crippen molar-refractivity contribution in [2.45, 2.75) is 24.8 Å². The second kappa shape index (κ2) is 5.58. The Hall–Kier alpha value is -1.32.